The van der Waals surface area contributed by atoms with E-state index in [1.54, 1.807) is 17.0 Å². The van der Waals surface area contributed by atoms with E-state index >= 15 is 0 Å². The first kappa shape index (κ1) is 27.3. The molecule has 10 nitrogen and oxygen atoms in total. The minimum atomic E-state index is -1.62. The molecular formula is C29H30F2N4O6. The Balaban J connectivity index is 1.42. The molecule has 0 aliphatic carbocycles. The van der Waals surface area contributed by atoms with Gasteiger partial charge >= 0.3 is 0 Å². The third-order valence-corrected chi connectivity index (χ3v) is 8.17. The van der Waals surface area contributed by atoms with Crippen LogP contribution in [0.15, 0.2) is 71.3 Å². The largest absolute Gasteiger partial charge is 0.488 e. The second-order valence-corrected chi connectivity index (χ2v) is 10.4. The lowest BCUT2D eigenvalue weighted by atomic mass is 9.95. The molecule has 41 heavy (non-hydrogen) atoms. The molecule has 1 spiro atoms. The Bertz CT molecular complexity index is 1440. The molecule has 0 radical (unpaired) electrons. The highest BCUT2D eigenvalue weighted by molar-refractivity contribution is 6.00. The van der Waals surface area contributed by atoms with Gasteiger partial charge in [0.1, 0.15) is 36.1 Å². The van der Waals surface area contributed by atoms with Crippen molar-refractivity contribution in [3.63, 3.8) is 0 Å². The molecule has 4 aliphatic rings. The molecule has 3 fully saturated rings. The van der Waals surface area contributed by atoms with Crippen LogP contribution in [0, 0.1) is 11.6 Å². The number of likely N-dealkylation sites (N-methyl/N-ethyl adjacent to an activating group) is 1. The normalized spacial score (nSPS) is 25.8. The number of benzene rings is 2. The number of amides is 2. The number of ether oxygens (including phenoxy) is 3. The summed E-state index contributed by atoms with van der Waals surface area (Å²) in [5.74, 6) is -2.72. The standard InChI is InChI=1S/C29H30F2N4O6/c1-33-28(38)24-26(41-15-17-6-4-3-5-7-17)25(36)22(27(37)32-13-18-8-9-19(30)12-20(18)31)23-21(39-2)14-34(35(23)24)29(33)10-11-40-16-29/h3-9,12,21,25,36H,10-11,13-16H2,1-2H3,(H,32,37). The highest BCUT2D eigenvalue weighted by atomic mass is 19.1. The number of rotatable bonds is 7. The van der Waals surface area contributed by atoms with E-state index in [1.165, 1.54) is 13.2 Å². The fourth-order valence-electron chi connectivity index (χ4n) is 5.96. The van der Waals surface area contributed by atoms with Crippen molar-refractivity contribution < 1.29 is 37.7 Å². The van der Waals surface area contributed by atoms with Crippen LogP contribution in [0.2, 0.25) is 0 Å². The third kappa shape index (κ3) is 4.38. The molecular weight excluding hydrogens is 538 g/mol. The lowest BCUT2D eigenvalue weighted by molar-refractivity contribution is -0.181. The Kier molecular flexibility index (Phi) is 7.02. The van der Waals surface area contributed by atoms with Crippen molar-refractivity contribution in [3.8, 4) is 0 Å². The summed E-state index contributed by atoms with van der Waals surface area (Å²) in [6.45, 7) is 0.740. The molecule has 4 aliphatic heterocycles. The van der Waals surface area contributed by atoms with Gasteiger partial charge in [-0.1, -0.05) is 36.4 Å². The quantitative estimate of drug-likeness (QED) is 0.521. The van der Waals surface area contributed by atoms with Crippen LogP contribution in [0.3, 0.4) is 0 Å². The number of carbonyl (C=O) groups is 2. The topological polar surface area (TPSA) is 104 Å². The van der Waals surface area contributed by atoms with Crippen LogP contribution in [0.25, 0.3) is 0 Å². The molecule has 2 amide bonds. The second-order valence-electron chi connectivity index (χ2n) is 10.4. The van der Waals surface area contributed by atoms with E-state index < -0.39 is 41.3 Å². The number of halogens is 2. The van der Waals surface area contributed by atoms with Crippen LogP contribution in [-0.2, 0) is 37.0 Å². The van der Waals surface area contributed by atoms with Crippen molar-refractivity contribution in [1.82, 2.24) is 20.2 Å². The van der Waals surface area contributed by atoms with Crippen LogP contribution in [0.4, 0.5) is 8.78 Å². The maximum Gasteiger partial charge on any atom is 0.276 e. The van der Waals surface area contributed by atoms with Gasteiger partial charge in [-0.3, -0.25) is 14.6 Å². The molecule has 2 N–H and O–H groups in total. The van der Waals surface area contributed by atoms with E-state index in [1.807, 2.05) is 35.3 Å². The number of aliphatic hydroxyl groups is 1. The number of hydrogen-bond donors (Lipinski definition) is 2. The van der Waals surface area contributed by atoms with E-state index in [0.717, 1.165) is 17.7 Å². The van der Waals surface area contributed by atoms with Gasteiger partial charge in [-0.05, 0) is 11.6 Å². The molecule has 4 heterocycles. The predicted molar refractivity (Wildman–Crippen MR) is 140 cm³/mol. The summed E-state index contributed by atoms with van der Waals surface area (Å²) < 4.78 is 45.3. The zero-order chi connectivity index (χ0) is 28.9. The Morgan fingerprint density at radius 1 is 1.22 bits per heavy atom. The smallest absolute Gasteiger partial charge is 0.276 e. The number of nitrogens with one attached hydrogen (secondary N) is 1. The minimum Gasteiger partial charge on any atom is -0.488 e. The average molecular weight is 569 g/mol. The molecule has 12 heteroatoms. The zero-order valence-corrected chi connectivity index (χ0v) is 22.6. The van der Waals surface area contributed by atoms with Gasteiger partial charge in [-0.15, -0.1) is 0 Å². The van der Waals surface area contributed by atoms with Crippen molar-refractivity contribution in [1.29, 1.82) is 0 Å². The number of fused-ring (bicyclic) bond motifs is 1. The van der Waals surface area contributed by atoms with Gasteiger partial charge in [0.15, 0.2) is 11.5 Å². The average Bonchev–Trinajstić information content (AvgIpc) is 3.60. The Morgan fingerprint density at radius 2 is 2.00 bits per heavy atom. The van der Waals surface area contributed by atoms with Crippen molar-refractivity contribution in [2.45, 2.75) is 37.4 Å². The van der Waals surface area contributed by atoms with Gasteiger partial charge < -0.3 is 29.5 Å². The predicted octanol–water partition coefficient (Wildman–Crippen LogP) is 1.77. The number of carbonyl (C=O) groups excluding carboxylic acids is 2. The number of hydrazine groups is 1. The van der Waals surface area contributed by atoms with E-state index in [0.29, 0.717) is 18.7 Å². The Morgan fingerprint density at radius 3 is 2.68 bits per heavy atom. The van der Waals surface area contributed by atoms with Crippen LogP contribution in [-0.4, -0.2) is 83.6 Å². The maximum atomic E-state index is 14.3. The lowest BCUT2D eigenvalue weighted by Gasteiger charge is -2.54. The molecule has 2 aromatic carbocycles. The molecule has 3 saturated heterocycles. The first-order chi connectivity index (χ1) is 19.8. The third-order valence-electron chi connectivity index (χ3n) is 8.17. The lowest BCUT2D eigenvalue weighted by Crippen LogP contribution is -2.70. The van der Waals surface area contributed by atoms with Gasteiger partial charge in [0, 0.05) is 38.8 Å². The number of methoxy groups -OCH3 is 1. The second kappa shape index (κ2) is 10.5. The van der Waals surface area contributed by atoms with E-state index in [-0.39, 0.29) is 48.9 Å². The summed E-state index contributed by atoms with van der Waals surface area (Å²) in [4.78, 5) is 29.3. The monoisotopic (exact) mass is 568 g/mol. The van der Waals surface area contributed by atoms with E-state index in [4.69, 9.17) is 14.2 Å². The molecule has 3 unspecified atom stereocenters. The maximum absolute atomic E-state index is 14.3. The summed E-state index contributed by atoms with van der Waals surface area (Å²) in [5, 5.41) is 17.9. The van der Waals surface area contributed by atoms with Gasteiger partial charge in [0.25, 0.3) is 11.8 Å². The van der Waals surface area contributed by atoms with Gasteiger partial charge in [0.2, 0.25) is 0 Å². The summed E-state index contributed by atoms with van der Waals surface area (Å²) in [6.07, 6.45) is -1.78. The number of aliphatic hydroxyl groups excluding tert-OH is 1. The summed E-state index contributed by atoms with van der Waals surface area (Å²) in [7, 11) is 3.17. The van der Waals surface area contributed by atoms with Crippen LogP contribution < -0.4 is 5.32 Å². The molecule has 0 aromatic heterocycles. The summed E-state index contributed by atoms with van der Waals surface area (Å²) >= 11 is 0. The number of hydrogen-bond acceptors (Lipinski definition) is 8. The fraction of sp³-hybridized carbons (Fsp3) is 0.379. The van der Waals surface area contributed by atoms with Crippen molar-refractivity contribution >= 4 is 11.8 Å². The Hall–Kier alpha value is -3.84. The van der Waals surface area contributed by atoms with Gasteiger partial charge in [-0.2, -0.15) is 5.01 Å². The highest BCUT2D eigenvalue weighted by Crippen LogP contribution is 2.49. The summed E-state index contributed by atoms with van der Waals surface area (Å²) in [5.41, 5.74) is 0.340. The molecule has 216 valence electrons. The van der Waals surface area contributed by atoms with Gasteiger partial charge in [0.05, 0.1) is 31.0 Å². The first-order valence-corrected chi connectivity index (χ1v) is 13.3. The van der Waals surface area contributed by atoms with E-state index in [2.05, 4.69) is 5.32 Å². The molecule has 0 bridgehead atoms. The van der Waals surface area contributed by atoms with Crippen LogP contribution in [0.1, 0.15) is 17.5 Å². The Labute approximate surface area is 235 Å². The van der Waals surface area contributed by atoms with E-state index in [9.17, 15) is 23.5 Å². The molecule has 2 aromatic rings. The highest BCUT2D eigenvalue weighted by Gasteiger charge is 2.62. The van der Waals surface area contributed by atoms with Gasteiger partial charge in [-0.25, -0.2) is 8.78 Å². The minimum absolute atomic E-state index is 0.0363. The van der Waals surface area contributed by atoms with Crippen molar-refractivity contribution in [2.24, 2.45) is 0 Å². The molecule has 6 rings (SSSR count). The summed E-state index contributed by atoms with van der Waals surface area (Å²) in [6, 6.07) is 12.3. The number of nitrogens with zero attached hydrogens (tertiary/aromatic N) is 3. The first-order valence-electron chi connectivity index (χ1n) is 13.3. The SMILES string of the molecule is COC1CN2N3C(=C(OCc4ccccc4)C(O)C(C(=O)NCc4ccc(F)cc4F)=C13)C(=O)N(C)C21CCOC1. The van der Waals surface area contributed by atoms with Crippen molar-refractivity contribution in [2.75, 3.05) is 33.9 Å². The molecule has 3 atom stereocenters. The van der Waals surface area contributed by atoms with Crippen LogP contribution in [0.5, 0.6) is 0 Å². The van der Waals surface area contributed by atoms with Crippen molar-refractivity contribution in [3.05, 3.63) is 94.0 Å². The zero-order valence-electron chi connectivity index (χ0n) is 22.6. The molecule has 0 saturated carbocycles. The van der Waals surface area contributed by atoms with Crippen LogP contribution >= 0.6 is 0 Å². The fourth-order valence-corrected chi connectivity index (χ4v) is 5.96.